The van der Waals surface area contributed by atoms with Crippen LogP contribution in [0.3, 0.4) is 0 Å². The summed E-state index contributed by atoms with van der Waals surface area (Å²) in [6.07, 6.45) is 0.729. The van der Waals surface area contributed by atoms with Crippen LogP contribution in [0.25, 0.3) is 10.1 Å². The van der Waals surface area contributed by atoms with Crippen LogP contribution in [-0.4, -0.2) is 23.5 Å². The van der Waals surface area contributed by atoms with Crippen molar-refractivity contribution in [3.8, 4) is 0 Å². The Kier molecular flexibility index (Phi) is 7.34. The van der Waals surface area contributed by atoms with Crippen LogP contribution < -0.4 is 16.0 Å². The lowest BCUT2D eigenvalue weighted by atomic mass is 10.1. The Hall–Kier alpha value is -3.26. The zero-order valence-electron chi connectivity index (χ0n) is 17.4. The average Bonchev–Trinajstić information content (AvgIpc) is 3.17. The van der Waals surface area contributed by atoms with E-state index in [4.69, 9.17) is 23.8 Å². The van der Waals surface area contributed by atoms with Gasteiger partial charge in [-0.25, -0.2) is 0 Å². The molecule has 0 aliphatic rings. The van der Waals surface area contributed by atoms with Gasteiger partial charge in [0.25, 0.3) is 11.8 Å². The molecule has 3 aromatic carbocycles. The number of carbonyl (C=O) groups is 2. The first-order chi connectivity index (χ1) is 16.0. The van der Waals surface area contributed by atoms with E-state index < -0.39 is 5.91 Å². The summed E-state index contributed by atoms with van der Waals surface area (Å²) in [7, 11) is 0. The predicted octanol–water partition coefficient (Wildman–Crippen LogP) is 5.65. The van der Waals surface area contributed by atoms with Crippen molar-refractivity contribution in [1.82, 2.24) is 10.6 Å². The lowest BCUT2D eigenvalue weighted by molar-refractivity contribution is 0.0953. The summed E-state index contributed by atoms with van der Waals surface area (Å²) in [5, 5.41) is 9.83. The number of hydrogen-bond acceptors (Lipinski definition) is 4. The molecule has 166 valence electrons. The van der Waals surface area contributed by atoms with Crippen molar-refractivity contribution in [3.63, 3.8) is 0 Å². The summed E-state index contributed by atoms with van der Waals surface area (Å²) in [4.78, 5) is 25.8. The molecule has 0 aliphatic heterocycles. The Bertz CT molecular complexity index is 1320. The number of benzene rings is 3. The van der Waals surface area contributed by atoms with Gasteiger partial charge in [0.1, 0.15) is 4.88 Å². The lowest BCUT2D eigenvalue weighted by Gasteiger charge is -2.13. The molecule has 0 aliphatic carbocycles. The molecular weight excluding hydrogens is 474 g/mol. The van der Waals surface area contributed by atoms with E-state index in [0.29, 0.717) is 27.7 Å². The molecule has 4 aromatic rings. The maximum absolute atomic E-state index is 12.7. The van der Waals surface area contributed by atoms with Gasteiger partial charge in [-0.2, -0.15) is 0 Å². The van der Waals surface area contributed by atoms with E-state index in [0.717, 1.165) is 22.1 Å². The number of rotatable bonds is 6. The van der Waals surface area contributed by atoms with Crippen LogP contribution in [0, 0.1) is 0 Å². The van der Waals surface area contributed by atoms with E-state index in [-0.39, 0.29) is 11.0 Å². The molecule has 0 atom stereocenters. The number of halogens is 1. The van der Waals surface area contributed by atoms with Gasteiger partial charge >= 0.3 is 0 Å². The molecule has 4 rings (SSSR count). The van der Waals surface area contributed by atoms with Crippen LogP contribution in [0.5, 0.6) is 0 Å². The third-order valence-corrected chi connectivity index (χ3v) is 6.81. The average molecular weight is 494 g/mol. The second-order valence-electron chi connectivity index (χ2n) is 7.19. The Balaban J connectivity index is 1.39. The van der Waals surface area contributed by atoms with E-state index in [1.54, 1.807) is 24.3 Å². The third kappa shape index (κ3) is 5.57. The van der Waals surface area contributed by atoms with Crippen LogP contribution in [0.4, 0.5) is 5.69 Å². The highest BCUT2D eigenvalue weighted by molar-refractivity contribution is 7.80. The number of thiophene rings is 1. The lowest BCUT2D eigenvalue weighted by Crippen LogP contribution is -2.35. The van der Waals surface area contributed by atoms with Gasteiger partial charge in [-0.15, -0.1) is 11.3 Å². The number of nitrogens with one attached hydrogen (secondary N) is 3. The van der Waals surface area contributed by atoms with Gasteiger partial charge in [0.05, 0.1) is 16.3 Å². The van der Waals surface area contributed by atoms with E-state index in [1.165, 1.54) is 11.3 Å². The number of fused-ring (bicyclic) bond motifs is 1. The molecule has 0 saturated heterocycles. The minimum atomic E-state index is -0.400. The molecular formula is C25H20ClN3O2S2. The first kappa shape index (κ1) is 22.9. The maximum atomic E-state index is 12.7. The molecule has 0 saturated carbocycles. The minimum Gasteiger partial charge on any atom is -0.352 e. The molecule has 5 nitrogen and oxygen atoms in total. The van der Waals surface area contributed by atoms with Crippen LogP contribution in [-0.2, 0) is 6.42 Å². The van der Waals surface area contributed by atoms with Crippen LogP contribution in [0.15, 0.2) is 78.9 Å². The summed E-state index contributed by atoms with van der Waals surface area (Å²) in [6.45, 7) is 0.503. The molecule has 3 N–H and O–H groups in total. The number of amides is 2. The number of anilines is 1. The van der Waals surface area contributed by atoms with Crippen LogP contribution in [0.2, 0.25) is 5.02 Å². The van der Waals surface area contributed by atoms with Crippen molar-refractivity contribution >= 4 is 67.9 Å². The maximum Gasteiger partial charge on any atom is 0.269 e. The van der Waals surface area contributed by atoms with Crippen LogP contribution in [0.1, 0.15) is 25.6 Å². The highest BCUT2D eigenvalue weighted by Gasteiger charge is 2.19. The fraction of sp³-hybridized carbons (Fsp3) is 0.0800. The molecule has 0 fully saturated rings. The van der Waals surface area contributed by atoms with Crippen molar-refractivity contribution in [2.45, 2.75) is 6.42 Å². The number of para-hydroxylation sites is 1. The summed E-state index contributed by atoms with van der Waals surface area (Å²) >= 11 is 13.0. The first-order valence-electron chi connectivity index (χ1n) is 10.2. The number of thiocarbonyl (C=S) groups is 1. The third-order valence-electron chi connectivity index (χ3n) is 4.93. The highest BCUT2D eigenvalue weighted by atomic mass is 35.5. The molecule has 2 amide bonds. The summed E-state index contributed by atoms with van der Waals surface area (Å²) in [5.41, 5.74) is 2.08. The molecule has 1 aromatic heterocycles. The molecule has 0 radical (unpaired) electrons. The van der Waals surface area contributed by atoms with Crippen molar-refractivity contribution in [1.29, 1.82) is 0 Å². The zero-order valence-corrected chi connectivity index (χ0v) is 19.8. The predicted molar refractivity (Wildman–Crippen MR) is 139 cm³/mol. The van der Waals surface area contributed by atoms with Gasteiger partial charge in [-0.3, -0.25) is 14.9 Å². The Morgan fingerprint density at radius 1 is 0.879 bits per heavy atom. The van der Waals surface area contributed by atoms with E-state index in [2.05, 4.69) is 16.0 Å². The number of carbonyl (C=O) groups excluding carboxylic acids is 2. The topological polar surface area (TPSA) is 70.2 Å². The summed E-state index contributed by atoms with van der Waals surface area (Å²) < 4.78 is 0.920. The van der Waals surface area contributed by atoms with E-state index in [1.807, 2.05) is 54.6 Å². The largest absolute Gasteiger partial charge is 0.352 e. The van der Waals surface area contributed by atoms with Gasteiger partial charge in [0.15, 0.2) is 5.11 Å². The van der Waals surface area contributed by atoms with E-state index >= 15 is 0 Å². The second-order valence-corrected chi connectivity index (χ2v) is 9.03. The van der Waals surface area contributed by atoms with Gasteiger partial charge in [0, 0.05) is 16.6 Å². The summed E-state index contributed by atoms with van der Waals surface area (Å²) in [5.74, 6) is -0.626. The molecule has 0 bridgehead atoms. The van der Waals surface area contributed by atoms with E-state index in [9.17, 15) is 9.59 Å². The van der Waals surface area contributed by atoms with Crippen molar-refractivity contribution in [3.05, 3.63) is 99.9 Å². The number of hydrogen-bond donors (Lipinski definition) is 3. The van der Waals surface area contributed by atoms with Crippen molar-refractivity contribution in [2.24, 2.45) is 0 Å². The highest BCUT2D eigenvalue weighted by Crippen LogP contribution is 2.35. The minimum absolute atomic E-state index is 0.0815. The van der Waals surface area contributed by atoms with Gasteiger partial charge in [-0.05, 0) is 42.4 Å². The standard InChI is InChI=1S/C25H20ClN3O2S2/c26-21-18-11-5-7-13-20(18)33-22(21)24(31)29-25(32)28-19-12-6-4-10-17(19)23(30)27-15-14-16-8-2-1-3-9-16/h1-13H,14-15H2,(H,27,30)(H2,28,29,31,32). The zero-order chi connectivity index (χ0) is 23.2. The Morgan fingerprint density at radius 3 is 2.36 bits per heavy atom. The normalized spacial score (nSPS) is 10.6. The molecule has 0 unspecified atom stereocenters. The Morgan fingerprint density at radius 2 is 1.58 bits per heavy atom. The summed E-state index contributed by atoms with van der Waals surface area (Å²) in [6, 6.07) is 24.5. The molecule has 1 heterocycles. The molecule has 33 heavy (non-hydrogen) atoms. The molecule has 8 heteroatoms. The van der Waals surface area contributed by atoms with Gasteiger partial charge < -0.3 is 10.6 Å². The smallest absolute Gasteiger partial charge is 0.269 e. The monoisotopic (exact) mass is 493 g/mol. The molecule has 0 spiro atoms. The quantitative estimate of drug-likeness (QED) is 0.303. The van der Waals surface area contributed by atoms with Crippen LogP contribution >= 0.6 is 35.2 Å². The Labute approximate surface area is 205 Å². The van der Waals surface area contributed by atoms with Gasteiger partial charge in [0.2, 0.25) is 0 Å². The van der Waals surface area contributed by atoms with Gasteiger partial charge in [-0.1, -0.05) is 72.3 Å². The SMILES string of the molecule is O=C(NCCc1ccccc1)c1ccccc1NC(=S)NC(=O)c1sc2ccccc2c1Cl. The first-order valence-corrected chi connectivity index (χ1v) is 11.8. The van der Waals surface area contributed by atoms with Crippen molar-refractivity contribution in [2.75, 3.05) is 11.9 Å². The second kappa shape index (κ2) is 10.6. The fourth-order valence-corrected chi connectivity index (χ4v) is 4.94. The van der Waals surface area contributed by atoms with Crippen molar-refractivity contribution < 1.29 is 9.59 Å². The fourth-order valence-electron chi connectivity index (χ4n) is 3.32.